The van der Waals surface area contributed by atoms with E-state index in [4.69, 9.17) is 18.3 Å². The second-order valence-electron chi connectivity index (χ2n) is 10.7. The summed E-state index contributed by atoms with van der Waals surface area (Å²) in [6.45, 7) is 13.5. The third-order valence-electron chi connectivity index (χ3n) is 6.24. The van der Waals surface area contributed by atoms with Gasteiger partial charge in [0.05, 0.1) is 12.2 Å². The normalized spacial score (nSPS) is 27.1. The van der Waals surface area contributed by atoms with Gasteiger partial charge in [-0.2, -0.15) is 0 Å². The molecule has 4 rings (SSSR count). The molecule has 33 heavy (non-hydrogen) atoms. The van der Waals surface area contributed by atoms with Crippen LogP contribution >= 0.6 is 11.8 Å². The van der Waals surface area contributed by atoms with Gasteiger partial charge in [0.2, 0.25) is 0 Å². The molecule has 0 bridgehead atoms. The molecular weight excluding hydrogens is 452 g/mol. The molecule has 2 aromatic carbocycles. The summed E-state index contributed by atoms with van der Waals surface area (Å²) in [5.74, 6) is -0.364. The van der Waals surface area contributed by atoms with E-state index in [1.54, 1.807) is 23.9 Å². The summed E-state index contributed by atoms with van der Waals surface area (Å²) >= 11 is 1.56. The smallest absolute Gasteiger partial charge is 0.349 e. The van der Waals surface area contributed by atoms with Gasteiger partial charge in [-0.3, -0.25) is 0 Å². The minimum atomic E-state index is -2.75. The number of hydrogen-bond acceptors (Lipinski definition) is 6. The molecule has 0 amide bonds. The number of fused-ring (bicyclic) bond motifs is 1. The van der Waals surface area contributed by atoms with Gasteiger partial charge in [0.15, 0.2) is 6.10 Å². The molecule has 0 N–H and O–H groups in total. The average molecular weight is 487 g/mol. The SMILES string of the molecule is CC(C)(C)[Si]1(C(C)(C)C)OC[C@@H]2O[C@@H](Sc3ccccc3)[C@H](OC(=O)c3ccccc3)[C@H]2O1. The van der Waals surface area contributed by atoms with Crippen LogP contribution in [-0.2, 0) is 18.3 Å². The maximum absolute atomic E-state index is 13.1. The monoisotopic (exact) mass is 486 g/mol. The molecule has 4 atom stereocenters. The van der Waals surface area contributed by atoms with Gasteiger partial charge in [-0.1, -0.05) is 89.7 Å². The zero-order valence-corrected chi connectivity index (χ0v) is 22.1. The predicted octanol–water partition coefficient (Wildman–Crippen LogP) is 6.19. The van der Waals surface area contributed by atoms with Crippen LogP contribution < -0.4 is 0 Å². The molecule has 2 fully saturated rings. The Morgan fingerprint density at radius 3 is 2.09 bits per heavy atom. The van der Waals surface area contributed by atoms with Gasteiger partial charge < -0.3 is 18.3 Å². The van der Waals surface area contributed by atoms with Crippen LogP contribution in [0.2, 0.25) is 10.1 Å². The third-order valence-corrected chi connectivity index (χ3v) is 12.5. The molecule has 7 heteroatoms. The van der Waals surface area contributed by atoms with Gasteiger partial charge in [-0.05, 0) is 24.3 Å². The highest BCUT2D eigenvalue weighted by Crippen LogP contribution is 2.56. The molecule has 0 aliphatic carbocycles. The van der Waals surface area contributed by atoms with E-state index in [2.05, 4.69) is 41.5 Å². The summed E-state index contributed by atoms with van der Waals surface area (Å²) in [6, 6.07) is 19.1. The highest BCUT2D eigenvalue weighted by molar-refractivity contribution is 7.99. The van der Waals surface area contributed by atoms with Crippen molar-refractivity contribution in [3.63, 3.8) is 0 Å². The minimum absolute atomic E-state index is 0.172. The Balaban J connectivity index is 1.66. The first-order valence-electron chi connectivity index (χ1n) is 11.5. The highest BCUT2D eigenvalue weighted by Gasteiger charge is 2.65. The number of carbonyl (C=O) groups is 1. The molecule has 2 aromatic rings. The Hall–Kier alpha value is -1.64. The summed E-state index contributed by atoms with van der Waals surface area (Å²) in [5, 5.41) is -0.344. The van der Waals surface area contributed by atoms with Gasteiger partial charge in [-0.15, -0.1) is 0 Å². The molecule has 2 aliphatic heterocycles. The van der Waals surface area contributed by atoms with E-state index in [0.717, 1.165) is 4.90 Å². The first-order chi connectivity index (χ1) is 15.5. The summed E-state index contributed by atoms with van der Waals surface area (Å²) in [7, 11) is -2.75. The van der Waals surface area contributed by atoms with Crippen molar-refractivity contribution in [3.8, 4) is 0 Å². The van der Waals surface area contributed by atoms with Gasteiger partial charge in [0.1, 0.15) is 17.6 Å². The Bertz CT molecular complexity index is 940. The zero-order valence-electron chi connectivity index (χ0n) is 20.2. The van der Waals surface area contributed by atoms with Crippen LogP contribution in [0.1, 0.15) is 51.9 Å². The fourth-order valence-corrected chi connectivity index (χ4v) is 11.0. The van der Waals surface area contributed by atoms with E-state index in [-0.39, 0.29) is 33.7 Å². The summed E-state index contributed by atoms with van der Waals surface area (Å²) in [6.07, 6.45) is -1.21. The van der Waals surface area contributed by atoms with Gasteiger partial charge in [0, 0.05) is 15.0 Å². The summed E-state index contributed by atoms with van der Waals surface area (Å²) in [5.41, 5.74) is 0.134. The Labute approximate surface area is 202 Å². The Morgan fingerprint density at radius 1 is 0.939 bits per heavy atom. The number of esters is 1. The molecule has 0 saturated carbocycles. The highest BCUT2D eigenvalue weighted by atomic mass is 32.2. The van der Waals surface area contributed by atoms with Crippen molar-refractivity contribution in [2.75, 3.05) is 6.61 Å². The van der Waals surface area contributed by atoms with Crippen LogP contribution in [0.4, 0.5) is 0 Å². The molecule has 2 heterocycles. The number of ether oxygens (including phenoxy) is 2. The van der Waals surface area contributed by atoms with Crippen molar-refractivity contribution < 1.29 is 23.1 Å². The fourth-order valence-electron chi connectivity index (χ4n) is 4.92. The second kappa shape index (κ2) is 9.19. The van der Waals surface area contributed by atoms with Crippen molar-refractivity contribution in [1.29, 1.82) is 0 Å². The summed E-state index contributed by atoms with van der Waals surface area (Å²) in [4.78, 5) is 14.1. The van der Waals surface area contributed by atoms with Crippen LogP contribution in [0.25, 0.3) is 0 Å². The molecule has 0 unspecified atom stereocenters. The standard InChI is InChI=1S/C26H34O5SSi/c1-25(2,3)33(26(4,5)6)28-17-20-21(31-33)22(30-23(27)18-13-9-7-10-14-18)24(29-20)32-19-15-11-8-12-16-19/h7-16,20-22,24H,17H2,1-6H3/t20-,21-,22+,24-/m0/s1. The van der Waals surface area contributed by atoms with Crippen LogP contribution in [0.3, 0.4) is 0 Å². The minimum Gasteiger partial charge on any atom is -0.452 e. The molecule has 2 saturated heterocycles. The van der Waals surface area contributed by atoms with E-state index in [9.17, 15) is 4.79 Å². The zero-order chi connectivity index (χ0) is 23.9. The maximum Gasteiger partial charge on any atom is 0.349 e. The molecule has 5 nitrogen and oxygen atoms in total. The van der Waals surface area contributed by atoms with Crippen molar-refractivity contribution in [1.82, 2.24) is 0 Å². The number of benzene rings is 2. The molecular formula is C26H34O5SSi. The lowest BCUT2D eigenvalue weighted by molar-refractivity contribution is -0.0708. The van der Waals surface area contributed by atoms with E-state index in [1.807, 2.05) is 48.5 Å². The van der Waals surface area contributed by atoms with Crippen LogP contribution in [0, 0.1) is 0 Å². The lowest BCUT2D eigenvalue weighted by Crippen LogP contribution is -2.65. The lowest BCUT2D eigenvalue weighted by Gasteiger charge is -2.53. The van der Waals surface area contributed by atoms with E-state index in [1.165, 1.54) is 0 Å². The average Bonchev–Trinajstić information content (AvgIpc) is 3.09. The van der Waals surface area contributed by atoms with Crippen LogP contribution in [0.15, 0.2) is 65.6 Å². The second-order valence-corrected chi connectivity index (χ2v) is 16.6. The van der Waals surface area contributed by atoms with Crippen LogP contribution in [-0.4, -0.2) is 44.9 Å². The van der Waals surface area contributed by atoms with Gasteiger partial charge >= 0.3 is 14.5 Å². The fraction of sp³-hybridized carbons (Fsp3) is 0.500. The van der Waals surface area contributed by atoms with E-state index in [0.29, 0.717) is 12.2 Å². The summed E-state index contributed by atoms with van der Waals surface area (Å²) < 4.78 is 26.1. The number of hydrogen-bond donors (Lipinski definition) is 0. The number of thioether (sulfide) groups is 1. The number of rotatable bonds is 4. The molecule has 0 aromatic heterocycles. The predicted molar refractivity (Wildman–Crippen MR) is 133 cm³/mol. The Morgan fingerprint density at radius 2 is 1.52 bits per heavy atom. The van der Waals surface area contributed by atoms with Gasteiger partial charge in [-0.25, -0.2) is 4.79 Å². The molecule has 0 radical (unpaired) electrons. The van der Waals surface area contributed by atoms with Crippen LogP contribution in [0.5, 0.6) is 0 Å². The quantitative estimate of drug-likeness (QED) is 0.380. The molecule has 2 aliphatic rings. The first-order valence-corrected chi connectivity index (χ1v) is 14.2. The third kappa shape index (κ3) is 4.79. The topological polar surface area (TPSA) is 54.0 Å². The van der Waals surface area contributed by atoms with Gasteiger partial charge in [0.25, 0.3) is 0 Å². The van der Waals surface area contributed by atoms with Crippen molar-refractivity contribution in [2.24, 2.45) is 0 Å². The Kier molecular flexibility index (Phi) is 6.82. The van der Waals surface area contributed by atoms with Crippen molar-refractivity contribution in [3.05, 3.63) is 66.2 Å². The maximum atomic E-state index is 13.1. The van der Waals surface area contributed by atoms with E-state index >= 15 is 0 Å². The molecule has 178 valence electrons. The lowest BCUT2D eigenvalue weighted by atomic mass is 10.1. The van der Waals surface area contributed by atoms with E-state index < -0.39 is 14.7 Å². The largest absolute Gasteiger partial charge is 0.452 e. The molecule has 0 spiro atoms. The first kappa shape index (κ1) is 24.5. The van der Waals surface area contributed by atoms with Crippen molar-refractivity contribution >= 4 is 26.3 Å². The number of carbonyl (C=O) groups excluding carboxylic acids is 1. The van der Waals surface area contributed by atoms with Crippen molar-refractivity contribution in [2.45, 2.75) is 80.3 Å².